The third-order valence-electron chi connectivity index (χ3n) is 5.98. The van der Waals surface area contributed by atoms with Gasteiger partial charge in [0.25, 0.3) is 0 Å². The highest BCUT2D eigenvalue weighted by atomic mass is 19.1. The van der Waals surface area contributed by atoms with Gasteiger partial charge in [0.05, 0.1) is 11.4 Å². The fourth-order valence-electron chi connectivity index (χ4n) is 4.62. The van der Waals surface area contributed by atoms with Crippen LogP contribution in [0.2, 0.25) is 0 Å². The highest BCUT2D eigenvalue weighted by Gasteiger charge is 2.38. The Balaban J connectivity index is 1.89. The van der Waals surface area contributed by atoms with Gasteiger partial charge in [0.1, 0.15) is 11.6 Å². The fourth-order valence-corrected chi connectivity index (χ4v) is 4.62. The molecular weight excluding hydrogens is 364 g/mol. The zero-order valence-electron chi connectivity index (χ0n) is 16.6. The smallest absolute Gasteiger partial charge is 0.123 e. The molecule has 0 unspecified atom stereocenters. The Morgan fingerprint density at radius 2 is 1.41 bits per heavy atom. The van der Waals surface area contributed by atoms with E-state index in [4.69, 9.17) is 0 Å². The zero-order valence-corrected chi connectivity index (χ0v) is 16.6. The Morgan fingerprint density at radius 3 is 2.17 bits per heavy atom. The molecule has 144 valence electrons. The average Bonchev–Trinajstić information content (AvgIpc) is 2.69. The van der Waals surface area contributed by atoms with Crippen molar-refractivity contribution in [2.75, 3.05) is 4.90 Å². The minimum Gasteiger partial charge on any atom is -0.310 e. The van der Waals surface area contributed by atoms with Gasteiger partial charge in [-0.3, -0.25) is 0 Å². The summed E-state index contributed by atoms with van der Waals surface area (Å²) in [5, 5.41) is 2.32. The van der Waals surface area contributed by atoms with E-state index in [2.05, 4.69) is 56.0 Å². The molecular formula is C26H21F2N. The minimum atomic E-state index is -0.391. The SMILES string of the molecule is Cc1ccc2c3c(ccc2c1)N(c1ccc(F)cc1)c1ccc(F)cc1C3(C)C. The van der Waals surface area contributed by atoms with Crippen LogP contribution in [0.25, 0.3) is 10.8 Å². The number of rotatable bonds is 1. The van der Waals surface area contributed by atoms with Crippen molar-refractivity contribution in [1.29, 1.82) is 0 Å². The van der Waals surface area contributed by atoms with Gasteiger partial charge in [0.15, 0.2) is 0 Å². The van der Waals surface area contributed by atoms with Gasteiger partial charge in [-0.1, -0.05) is 43.7 Å². The van der Waals surface area contributed by atoms with E-state index in [1.807, 2.05) is 6.07 Å². The maximum atomic E-state index is 14.3. The molecule has 0 N–H and O–H groups in total. The average molecular weight is 385 g/mol. The molecule has 0 aliphatic carbocycles. The molecule has 3 heteroatoms. The number of benzene rings is 4. The molecule has 1 heterocycles. The van der Waals surface area contributed by atoms with Gasteiger partial charge in [0, 0.05) is 11.1 Å². The van der Waals surface area contributed by atoms with Gasteiger partial charge in [0.2, 0.25) is 0 Å². The maximum absolute atomic E-state index is 14.3. The highest BCUT2D eigenvalue weighted by Crippen LogP contribution is 2.53. The largest absolute Gasteiger partial charge is 0.310 e. The van der Waals surface area contributed by atoms with E-state index in [1.165, 1.54) is 23.8 Å². The molecule has 0 radical (unpaired) electrons. The van der Waals surface area contributed by atoms with Crippen LogP contribution < -0.4 is 4.90 Å². The first-order valence-electron chi connectivity index (χ1n) is 9.76. The van der Waals surface area contributed by atoms with E-state index in [0.717, 1.165) is 39.0 Å². The summed E-state index contributed by atoms with van der Waals surface area (Å²) >= 11 is 0. The Hall–Kier alpha value is -3.20. The third-order valence-corrected chi connectivity index (χ3v) is 5.98. The lowest BCUT2D eigenvalue weighted by atomic mass is 9.71. The molecule has 1 nitrogen and oxygen atoms in total. The topological polar surface area (TPSA) is 3.24 Å². The quantitative estimate of drug-likeness (QED) is 0.327. The van der Waals surface area contributed by atoms with Crippen molar-refractivity contribution in [3.05, 3.63) is 101 Å². The molecule has 0 fully saturated rings. The lowest BCUT2D eigenvalue weighted by molar-refractivity contribution is 0.599. The first-order valence-corrected chi connectivity index (χ1v) is 9.76. The molecule has 0 bridgehead atoms. The van der Waals surface area contributed by atoms with Gasteiger partial charge in [-0.05, 0) is 77.4 Å². The number of halogens is 2. The van der Waals surface area contributed by atoms with Crippen molar-refractivity contribution in [2.45, 2.75) is 26.2 Å². The zero-order chi connectivity index (χ0) is 20.3. The number of hydrogen-bond donors (Lipinski definition) is 0. The van der Waals surface area contributed by atoms with Crippen LogP contribution in [0.4, 0.5) is 25.8 Å². The van der Waals surface area contributed by atoms with Crippen LogP contribution in [0.3, 0.4) is 0 Å². The van der Waals surface area contributed by atoms with Crippen LogP contribution in [-0.2, 0) is 5.41 Å². The fraction of sp³-hybridized carbons (Fsp3) is 0.154. The van der Waals surface area contributed by atoms with Crippen molar-refractivity contribution in [3.63, 3.8) is 0 Å². The van der Waals surface area contributed by atoms with Crippen molar-refractivity contribution in [2.24, 2.45) is 0 Å². The summed E-state index contributed by atoms with van der Waals surface area (Å²) in [5.74, 6) is -0.532. The summed E-state index contributed by atoms with van der Waals surface area (Å²) in [6.45, 7) is 6.37. The number of nitrogens with zero attached hydrogens (tertiary/aromatic N) is 1. The van der Waals surface area contributed by atoms with Gasteiger partial charge in [-0.25, -0.2) is 8.78 Å². The molecule has 4 aromatic carbocycles. The summed E-state index contributed by atoms with van der Waals surface area (Å²) in [5.41, 5.74) is 5.69. The first kappa shape index (κ1) is 17.9. The molecule has 0 spiro atoms. The summed E-state index contributed by atoms with van der Waals surface area (Å²) in [4.78, 5) is 2.11. The summed E-state index contributed by atoms with van der Waals surface area (Å²) < 4.78 is 27.9. The van der Waals surface area contributed by atoms with E-state index in [0.29, 0.717) is 0 Å². The Bertz CT molecular complexity index is 1260. The van der Waals surface area contributed by atoms with E-state index in [1.54, 1.807) is 18.2 Å². The maximum Gasteiger partial charge on any atom is 0.123 e. The van der Waals surface area contributed by atoms with Crippen LogP contribution in [0.5, 0.6) is 0 Å². The molecule has 0 atom stereocenters. The van der Waals surface area contributed by atoms with E-state index >= 15 is 0 Å². The molecule has 5 rings (SSSR count). The standard InChI is InChI=1S/C26H21F2N/c1-16-4-11-21-17(14-16)5-12-24-25(21)26(2,3)22-15-19(28)8-13-23(22)29(24)20-9-6-18(27)7-10-20/h4-15H,1-3H3. The predicted molar refractivity (Wildman–Crippen MR) is 115 cm³/mol. The van der Waals surface area contributed by atoms with Crippen molar-refractivity contribution < 1.29 is 8.78 Å². The predicted octanol–water partition coefficient (Wildman–Crippen LogP) is 7.54. The molecule has 0 amide bonds. The van der Waals surface area contributed by atoms with Crippen LogP contribution in [0.15, 0.2) is 72.8 Å². The molecule has 0 aromatic heterocycles. The molecule has 1 aliphatic heterocycles. The van der Waals surface area contributed by atoms with E-state index in [9.17, 15) is 8.78 Å². The Kier molecular flexibility index (Phi) is 3.79. The number of aryl methyl sites for hydroxylation is 1. The van der Waals surface area contributed by atoms with Crippen LogP contribution in [0.1, 0.15) is 30.5 Å². The third kappa shape index (κ3) is 2.65. The Labute approximate surface area is 169 Å². The van der Waals surface area contributed by atoms with Gasteiger partial charge in [-0.2, -0.15) is 0 Å². The lowest BCUT2D eigenvalue weighted by Crippen LogP contribution is -2.31. The second-order valence-corrected chi connectivity index (χ2v) is 8.28. The van der Waals surface area contributed by atoms with E-state index < -0.39 is 5.41 Å². The second kappa shape index (κ2) is 6.15. The minimum absolute atomic E-state index is 0.254. The molecule has 0 saturated carbocycles. The van der Waals surface area contributed by atoms with Crippen molar-refractivity contribution in [1.82, 2.24) is 0 Å². The monoisotopic (exact) mass is 385 g/mol. The molecule has 0 saturated heterocycles. The van der Waals surface area contributed by atoms with Crippen LogP contribution >= 0.6 is 0 Å². The lowest BCUT2D eigenvalue weighted by Gasteiger charge is -2.42. The first-order chi connectivity index (χ1) is 13.9. The van der Waals surface area contributed by atoms with Crippen LogP contribution in [0, 0.1) is 18.6 Å². The highest BCUT2D eigenvalue weighted by molar-refractivity contribution is 5.98. The molecule has 1 aliphatic rings. The normalized spacial score (nSPS) is 14.6. The van der Waals surface area contributed by atoms with Crippen molar-refractivity contribution in [3.8, 4) is 0 Å². The summed E-state index contributed by atoms with van der Waals surface area (Å²) in [6.07, 6.45) is 0. The number of anilines is 3. The van der Waals surface area contributed by atoms with Gasteiger partial charge >= 0.3 is 0 Å². The van der Waals surface area contributed by atoms with E-state index in [-0.39, 0.29) is 11.6 Å². The second-order valence-electron chi connectivity index (χ2n) is 8.28. The number of fused-ring (bicyclic) bond motifs is 4. The van der Waals surface area contributed by atoms with Gasteiger partial charge in [-0.15, -0.1) is 0 Å². The van der Waals surface area contributed by atoms with Gasteiger partial charge < -0.3 is 4.90 Å². The Morgan fingerprint density at radius 1 is 0.724 bits per heavy atom. The summed E-state index contributed by atoms with van der Waals surface area (Å²) in [6, 6.07) is 22.1. The van der Waals surface area contributed by atoms with Crippen LogP contribution in [-0.4, -0.2) is 0 Å². The molecule has 4 aromatic rings. The molecule has 29 heavy (non-hydrogen) atoms. The number of hydrogen-bond acceptors (Lipinski definition) is 1. The van der Waals surface area contributed by atoms with Crippen molar-refractivity contribution >= 4 is 27.8 Å². The summed E-state index contributed by atoms with van der Waals surface area (Å²) in [7, 11) is 0.